The lowest BCUT2D eigenvalue weighted by molar-refractivity contribution is -0.138. The number of hydrogen-bond donors (Lipinski definition) is 2. The number of aromatic hydroxyl groups is 1. The molecule has 0 spiro atoms. The summed E-state index contributed by atoms with van der Waals surface area (Å²) >= 11 is 0. The van der Waals surface area contributed by atoms with Crippen LogP contribution in [0.3, 0.4) is 0 Å². The number of aromatic nitrogens is 2. The molecule has 0 saturated heterocycles. The Morgan fingerprint density at radius 1 is 1.10 bits per heavy atom. The van der Waals surface area contributed by atoms with Crippen molar-refractivity contribution in [3.8, 4) is 17.1 Å². The third-order valence-electron chi connectivity index (χ3n) is 3.26. The van der Waals surface area contributed by atoms with Gasteiger partial charge in [-0.05, 0) is 45.0 Å². The first-order valence-corrected chi connectivity index (χ1v) is 6.27. The Morgan fingerprint density at radius 3 is 2.05 bits per heavy atom. The van der Waals surface area contributed by atoms with Crippen LogP contribution in [0.2, 0.25) is 0 Å². The Hall–Kier alpha value is -2.43. The molecule has 5 nitrogen and oxygen atoms in total. The fourth-order valence-corrected chi connectivity index (χ4v) is 2.21. The lowest BCUT2D eigenvalue weighted by atomic mass is 9.98. The van der Waals surface area contributed by atoms with Gasteiger partial charge in [0, 0.05) is 22.5 Å². The van der Waals surface area contributed by atoms with E-state index in [0.29, 0.717) is 22.8 Å². The van der Waals surface area contributed by atoms with Gasteiger partial charge >= 0.3 is 5.97 Å². The molecule has 0 aliphatic carbocycles. The predicted molar refractivity (Wildman–Crippen MR) is 74.7 cm³/mol. The number of hydrogen-bond acceptors (Lipinski definition) is 4. The first-order chi connectivity index (χ1) is 9.40. The maximum atomic E-state index is 11.1. The zero-order valence-electron chi connectivity index (χ0n) is 11.6. The van der Waals surface area contributed by atoms with Crippen LogP contribution in [0, 0.1) is 13.8 Å². The summed E-state index contributed by atoms with van der Waals surface area (Å²) < 4.78 is 0. The summed E-state index contributed by atoms with van der Waals surface area (Å²) in [5.74, 6) is -0.819. The summed E-state index contributed by atoms with van der Waals surface area (Å²) in [5.41, 5.74) is 2.76. The molecule has 2 aromatic rings. The number of carboxylic acids is 1. The highest BCUT2D eigenvalue weighted by molar-refractivity contribution is 5.76. The molecule has 20 heavy (non-hydrogen) atoms. The van der Waals surface area contributed by atoms with E-state index < -0.39 is 11.9 Å². The van der Waals surface area contributed by atoms with Gasteiger partial charge in [-0.15, -0.1) is 0 Å². The molecule has 5 heteroatoms. The van der Waals surface area contributed by atoms with Crippen LogP contribution in [0.1, 0.15) is 29.8 Å². The molecule has 0 saturated carbocycles. The van der Waals surface area contributed by atoms with Crippen LogP contribution in [0.25, 0.3) is 11.4 Å². The number of phenolic OH excluding ortho intramolecular Hbond substituents is 1. The van der Waals surface area contributed by atoms with Crippen molar-refractivity contribution in [1.29, 1.82) is 0 Å². The third kappa shape index (κ3) is 2.61. The van der Waals surface area contributed by atoms with Gasteiger partial charge in [0.1, 0.15) is 5.75 Å². The van der Waals surface area contributed by atoms with Crippen LogP contribution in [-0.2, 0) is 4.79 Å². The number of nitrogens with zero attached hydrogens (tertiary/aromatic N) is 2. The Morgan fingerprint density at radius 2 is 1.60 bits per heavy atom. The van der Waals surface area contributed by atoms with E-state index in [1.807, 2.05) is 0 Å². The van der Waals surface area contributed by atoms with Gasteiger partial charge in [0.15, 0.2) is 5.82 Å². The largest absolute Gasteiger partial charge is 0.508 e. The second-order valence-electron chi connectivity index (χ2n) is 4.74. The van der Waals surface area contributed by atoms with Crippen molar-refractivity contribution >= 4 is 5.97 Å². The molecule has 0 radical (unpaired) electrons. The van der Waals surface area contributed by atoms with Gasteiger partial charge in [0.2, 0.25) is 0 Å². The van der Waals surface area contributed by atoms with E-state index in [1.165, 1.54) is 0 Å². The summed E-state index contributed by atoms with van der Waals surface area (Å²) in [6.45, 7) is 5.20. The van der Waals surface area contributed by atoms with Crippen molar-refractivity contribution in [2.75, 3.05) is 0 Å². The number of phenols is 1. The maximum Gasteiger partial charge on any atom is 0.310 e. The van der Waals surface area contributed by atoms with Crippen molar-refractivity contribution in [3.63, 3.8) is 0 Å². The second-order valence-corrected chi connectivity index (χ2v) is 4.74. The van der Waals surface area contributed by atoms with Gasteiger partial charge in [-0.2, -0.15) is 0 Å². The van der Waals surface area contributed by atoms with Crippen LogP contribution in [0.5, 0.6) is 5.75 Å². The quantitative estimate of drug-likeness (QED) is 0.897. The number of carboxylic acid groups (broad SMARTS) is 1. The van der Waals surface area contributed by atoms with E-state index in [-0.39, 0.29) is 5.75 Å². The minimum absolute atomic E-state index is 0.179. The van der Waals surface area contributed by atoms with Gasteiger partial charge in [0.25, 0.3) is 0 Å². The number of carbonyl (C=O) groups is 1. The SMILES string of the molecule is Cc1nc(-c2ccc(O)cc2)nc(C)c1C(C)C(=O)O. The molecule has 104 valence electrons. The average Bonchev–Trinajstić information content (AvgIpc) is 2.38. The lowest BCUT2D eigenvalue weighted by Crippen LogP contribution is -2.13. The van der Waals surface area contributed by atoms with Crippen molar-refractivity contribution in [2.24, 2.45) is 0 Å². The topological polar surface area (TPSA) is 83.3 Å². The van der Waals surface area contributed by atoms with Crippen molar-refractivity contribution in [3.05, 3.63) is 41.2 Å². The summed E-state index contributed by atoms with van der Waals surface area (Å²) in [6.07, 6.45) is 0. The Labute approximate surface area is 117 Å². The van der Waals surface area contributed by atoms with E-state index >= 15 is 0 Å². The average molecular weight is 272 g/mol. The highest BCUT2D eigenvalue weighted by atomic mass is 16.4. The van der Waals surface area contributed by atoms with Crippen LogP contribution >= 0.6 is 0 Å². The highest BCUT2D eigenvalue weighted by Gasteiger charge is 2.21. The van der Waals surface area contributed by atoms with Crippen LogP contribution in [-0.4, -0.2) is 26.2 Å². The van der Waals surface area contributed by atoms with E-state index in [0.717, 1.165) is 5.56 Å². The fraction of sp³-hybridized carbons (Fsp3) is 0.267. The van der Waals surface area contributed by atoms with Gasteiger partial charge in [-0.1, -0.05) is 0 Å². The monoisotopic (exact) mass is 272 g/mol. The standard InChI is InChI=1S/C15H16N2O3/c1-8(15(19)20)13-9(2)16-14(17-10(13)3)11-4-6-12(18)7-5-11/h4-8,18H,1-3H3,(H,19,20). The third-order valence-corrected chi connectivity index (χ3v) is 3.26. The molecule has 0 aliphatic heterocycles. The lowest BCUT2D eigenvalue weighted by Gasteiger charge is -2.14. The van der Waals surface area contributed by atoms with Crippen molar-refractivity contribution in [2.45, 2.75) is 26.7 Å². The molecule has 1 heterocycles. The zero-order chi connectivity index (χ0) is 14.9. The fourth-order valence-electron chi connectivity index (χ4n) is 2.21. The molecule has 1 unspecified atom stereocenters. The van der Waals surface area contributed by atoms with Gasteiger partial charge < -0.3 is 10.2 Å². The Bertz CT molecular complexity index is 628. The molecule has 0 fully saturated rings. The van der Waals surface area contributed by atoms with Crippen LogP contribution in [0.4, 0.5) is 0 Å². The molecule has 0 aliphatic rings. The molecule has 1 aromatic carbocycles. The number of aryl methyl sites for hydroxylation is 2. The van der Waals surface area contributed by atoms with Gasteiger partial charge in [0.05, 0.1) is 5.92 Å². The molecule has 2 N–H and O–H groups in total. The molecule has 1 aromatic heterocycles. The summed E-state index contributed by atoms with van der Waals surface area (Å²) in [5, 5.41) is 18.4. The summed E-state index contributed by atoms with van der Waals surface area (Å²) in [7, 11) is 0. The maximum absolute atomic E-state index is 11.1. The molecule has 2 rings (SSSR count). The minimum Gasteiger partial charge on any atom is -0.508 e. The first-order valence-electron chi connectivity index (χ1n) is 6.27. The van der Waals surface area contributed by atoms with Crippen LogP contribution in [0.15, 0.2) is 24.3 Å². The van der Waals surface area contributed by atoms with E-state index in [2.05, 4.69) is 9.97 Å². The smallest absolute Gasteiger partial charge is 0.310 e. The number of benzene rings is 1. The van der Waals surface area contributed by atoms with Gasteiger partial charge in [-0.25, -0.2) is 9.97 Å². The number of rotatable bonds is 3. The van der Waals surface area contributed by atoms with Crippen molar-refractivity contribution in [1.82, 2.24) is 9.97 Å². The zero-order valence-corrected chi connectivity index (χ0v) is 11.6. The van der Waals surface area contributed by atoms with E-state index in [4.69, 9.17) is 5.11 Å². The molecule has 1 atom stereocenters. The second kappa shape index (κ2) is 5.28. The molecule has 0 amide bonds. The van der Waals surface area contributed by atoms with E-state index in [9.17, 15) is 9.90 Å². The normalized spacial score (nSPS) is 12.2. The van der Waals surface area contributed by atoms with Crippen LogP contribution < -0.4 is 0 Å². The minimum atomic E-state index is -0.891. The molecular formula is C15H16N2O3. The Balaban J connectivity index is 2.50. The van der Waals surface area contributed by atoms with Gasteiger partial charge in [-0.3, -0.25) is 4.79 Å². The van der Waals surface area contributed by atoms with Crippen molar-refractivity contribution < 1.29 is 15.0 Å². The molecular weight excluding hydrogens is 256 g/mol. The predicted octanol–water partition coefficient (Wildman–Crippen LogP) is 2.65. The molecule has 0 bridgehead atoms. The first kappa shape index (κ1) is 14.0. The highest BCUT2D eigenvalue weighted by Crippen LogP contribution is 2.25. The number of aliphatic carboxylic acids is 1. The Kier molecular flexibility index (Phi) is 3.70. The summed E-state index contributed by atoms with van der Waals surface area (Å²) in [4.78, 5) is 19.9. The summed E-state index contributed by atoms with van der Waals surface area (Å²) in [6, 6.07) is 6.59. The van der Waals surface area contributed by atoms with E-state index in [1.54, 1.807) is 45.0 Å².